The fraction of sp³-hybridized carbons (Fsp3) is 0.250. The summed E-state index contributed by atoms with van der Waals surface area (Å²) in [5.41, 5.74) is 2.95. The molecule has 3 heteroatoms. The van der Waals surface area contributed by atoms with Crippen LogP contribution in [0.3, 0.4) is 0 Å². The molecule has 1 atom stereocenters. The molecular weight excluding hydrogens is 246 g/mol. The van der Waals surface area contributed by atoms with Gasteiger partial charge in [-0.25, -0.2) is 8.78 Å². The van der Waals surface area contributed by atoms with Gasteiger partial charge in [0.1, 0.15) is 11.6 Å². The van der Waals surface area contributed by atoms with Crippen molar-refractivity contribution in [3.8, 4) is 0 Å². The first kappa shape index (κ1) is 13.7. The van der Waals surface area contributed by atoms with Gasteiger partial charge in [-0.15, -0.1) is 0 Å². The molecule has 0 heterocycles. The highest BCUT2D eigenvalue weighted by molar-refractivity contribution is 5.30. The molecule has 1 nitrogen and oxygen atoms in total. The molecule has 0 aliphatic heterocycles. The molecule has 0 aromatic heterocycles. The van der Waals surface area contributed by atoms with Crippen LogP contribution in [-0.4, -0.2) is 5.11 Å². The third-order valence-corrected chi connectivity index (χ3v) is 3.17. The Morgan fingerprint density at radius 3 is 2.37 bits per heavy atom. The van der Waals surface area contributed by atoms with Crippen LogP contribution in [0, 0.1) is 25.5 Å². The van der Waals surface area contributed by atoms with Crippen LogP contribution in [0.2, 0.25) is 0 Å². The highest BCUT2D eigenvalue weighted by Gasteiger charge is 2.12. The minimum absolute atomic E-state index is 0.294. The van der Waals surface area contributed by atoms with Crippen molar-refractivity contribution in [1.82, 2.24) is 0 Å². The lowest BCUT2D eigenvalue weighted by Crippen LogP contribution is -2.04. The summed E-state index contributed by atoms with van der Waals surface area (Å²) >= 11 is 0. The van der Waals surface area contributed by atoms with Gasteiger partial charge in [0.2, 0.25) is 0 Å². The fourth-order valence-electron chi connectivity index (χ4n) is 2.17. The van der Waals surface area contributed by atoms with E-state index in [1.54, 1.807) is 26.0 Å². The van der Waals surface area contributed by atoms with Crippen molar-refractivity contribution in [2.45, 2.75) is 26.4 Å². The second kappa shape index (κ2) is 5.49. The normalized spacial score (nSPS) is 12.5. The molecule has 1 N–H and O–H groups in total. The van der Waals surface area contributed by atoms with Crippen LogP contribution in [0.5, 0.6) is 0 Å². The summed E-state index contributed by atoms with van der Waals surface area (Å²) in [5.74, 6) is -0.651. The maximum atomic E-state index is 13.3. The molecule has 0 aliphatic carbocycles. The van der Waals surface area contributed by atoms with E-state index in [0.717, 1.165) is 16.7 Å². The minimum atomic E-state index is -0.793. The number of aliphatic hydroxyl groups excluding tert-OH is 1. The zero-order chi connectivity index (χ0) is 14.0. The Labute approximate surface area is 111 Å². The molecule has 0 bridgehead atoms. The third-order valence-electron chi connectivity index (χ3n) is 3.17. The maximum Gasteiger partial charge on any atom is 0.123 e. The molecule has 0 aliphatic rings. The van der Waals surface area contributed by atoms with Crippen LogP contribution in [0.1, 0.15) is 28.4 Å². The number of halogens is 2. The van der Waals surface area contributed by atoms with E-state index in [4.69, 9.17) is 0 Å². The Morgan fingerprint density at radius 1 is 1.00 bits per heavy atom. The average Bonchev–Trinajstić information content (AvgIpc) is 2.31. The number of aryl methyl sites for hydroxylation is 2. The molecule has 0 saturated heterocycles. The van der Waals surface area contributed by atoms with E-state index in [2.05, 4.69) is 0 Å². The van der Waals surface area contributed by atoms with Gasteiger partial charge in [0.15, 0.2) is 0 Å². The first-order chi connectivity index (χ1) is 8.95. The second-order valence-corrected chi connectivity index (χ2v) is 4.85. The maximum absolute atomic E-state index is 13.3. The van der Waals surface area contributed by atoms with E-state index in [-0.39, 0.29) is 11.6 Å². The molecule has 2 rings (SSSR count). The van der Waals surface area contributed by atoms with Crippen LogP contribution in [-0.2, 0) is 6.42 Å². The monoisotopic (exact) mass is 262 g/mol. The number of rotatable bonds is 3. The SMILES string of the molecule is Cc1cc(F)cc(C(O)Cc2ccc(F)cc2C)c1. The summed E-state index contributed by atoms with van der Waals surface area (Å²) < 4.78 is 26.3. The van der Waals surface area contributed by atoms with Gasteiger partial charge in [-0.2, -0.15) is 0 Å². The van der Waals surface area contributed by atoms with E-state index in [9.17, 15) is 13.9 Å². The summed E-state index contributed by atoms with van der Waals surface area (Å²) in [6, 6.07) is 8.95. The zero-order valence-electron chi connectivity index (χ0n) is 11.0. The molecule has 100 valence electrons. The highest BCUT2D eigenvalue weighted by Crippen LogP contribution is 2.22. The van der Waals surface area contributed by atoms with E-state index in [1.807, 2.05) is 0 Å². The summed E-state index contributed by atoms with van der Waals surface area (Å²) in [7, 11) is 0. The molecule has 0 amide bonds. The Bertz CT molecular complexity index is 573. The molecule has 0 fully saturated rings. The van der Waals surface area contributed by atoms with Gasteiger partial charge < -0.3 is 5.11 Å². The van der Waals surface area contributed by atoms with Crippen LogP contribution in [0.4, 0.5) is 8.78 Å². The molecule has 2 aromatic rings. The first-order valence-corrected chi connectivity index (χ1v) is 6.16. The van der Waals surface area contributed by atoms with Gasteiger partial charge in [0.25, 0.3) is 0 Å². The molecular formula is C16H16F2O. The van der Waals surface area contributed by atoms with Crippen LogP contribution >= 0.6 is 0 Å². The third kappa shape index (κ3) is 3.38. The van der Waals surface area contributed by atoms with E-state index in [1.165, 1.54) is 24.3 Å². The largest absolute Gasteiger partial charge is 0.388 e. The van der Waals surface area contributed by atoms with Crippen LogP contribution in [0.25, 0.3) is 0 Å². The summed E-state index contributed by atoms with van der Waals surface area (Å²) in [6.07, 6.45) is -0.451. The Hall–Kier alpha value is -1.74. The van der Waals surface area contributed by atoms with Gasteiger partial charge in [0.05, 0.1) is 6.10 Å². The quantitative estimate of drug-likeness (QED) is 0.890. The van der Waals surface area contributed by atoms with Crippen molar-refractivity contribution in [3.05, 3.63) is 70.3 Å². The number of aliphatic hydroxyl groups is 1. The Morgan fingerprint density at radius 2 is 1.74 bits per heavy atom. The fourth-order valence-corrected chi connectivity index (χ4v) is 2.17. The molecule has 1 unspecified atom stereocenters. The summed E-state index contributed by atoms with van der Waals surface area (Å²) in [4.78, 5) is 0. The van der Waals surface area contributed by atoms with Crippen molar-refractivity contribution >= 4 is 0 Å². The van der Waals surface area contributed by atoms with E-state index in [0.29, 0.717) is 12.0 Å². The number of hydrogen-bond acceptors (Lipinski definition) is 1. The molecule has 0 radical (unpaired) electrons. The van der Waals surface area contributed by atoms with Crippen LogP contribution < -0.4 is 0 Å². The van der Waals surface area contributed by atoms with Gasteiger partial charge in [-0.1, -0.05) is 12.1 Å². The summed E-state index contributed by atoms with van der Waals surface area (Å²) in [6.45, 7) is 3.57. The van der Waals surface area contributed by atoms with Crippen LogP contribution in [0.15, 0.2) is 36.4 Å². The highest BCUT2D eigenvalue weighted by atomic mass is 19.1. The first-order valence-electron chi connectivity index (χ1n) is 6.16. The van der Waals surface area contributed by atoms with Gasteiger partial charge in [-0.3, -0.25) is 0 Å². The Balaban J connectivity index is 2.22. The molecule has 2 aromatic carbocycles. The molecule has 0 saturated carbocycles. The van der Waals surface area contributed by atoms with Gasteiger partial charge >= 0.3 is 0 Å². The topological polar surface area (TPSA) is 20.2 Å². The lowest BCUT2D eigenvalue weighted by Gasteiger charge is -2.14. The lowest BCUT2D eigenvalue weighted by molar-refractivity contribution is 0.177. The van der Waals surface area contributed by atoms with Crippen molar-refractivity contribution in [1.29, 1.82) is 0 Å². The molecule has 0 spiro atoms. The van der Waals surface area contributed by atoms with Crippen molar-refractivity contribution < 1.29 is 13.9 Å². The van der Waals surface area contributed by atoms with Crippen molar-refractivity contribution in [2.24, 2.45) is 0 Å². The van der Waals surface area contributed by atoms with E-state index >= 15 is 0 Å². The van der Waals surface area contributed by atoms with Gasteiger partial charge in [0, 0.05) is 6.42 Å². The predicted octanol–water partition coefficient (Wildman–Crippen LogP) is 3.86. The predicted molar refractivity (Wildman–Crippen MR) is 70.9 cm³/mol. The van der Waals surface area contributed by atoms with E-state index < -0.39 is 6.10 Å². The minimum Gasteiger partial charge on any atom is -0.388 e. The van der Waals surface area contributed by atoms with Gasteiger partial charge in [-0.05, 0) is 60.4 Å². The average molecular weight is 262 g/mol. The Kier molecular flexibility index (Phi) is 3.96. The lowest BCUT2D eigenvalue weighted by atomic mass is 9.97. The molecule has 19 heavy (non-hydrogen) atoms. The summed E-state index contributed by atoms with van der Waals surface area (Å²) in [5, 5.41) is 10.2. The van der Waals surface area contributed by atoms with Crippen molar-refractivity contribution in [3.63, 3.8) is 0 Å². The smallest absolute Gasteiger partial charge is 0.123 e. The zero-order valence-corrected chi connectivity index (χ0v) is 11.0. The number of hydrogen-bond donors (Lipinski definition) is 1. The standard InChI is InChI=1S/C16H16F2O/c1-10-5-13(8-15(18)6-10)16(19)9-12-3-4-14(17)7-11(12)2/h3-8,16,19H,9H2,1-2H3. The van der Waals surface area contributed by atoms with Crippen molar-refractivity contribution in [2.75, 3.05) is 0 Å². The second-order valence-electron chi connectivity index (χ2n) is 4.85. The number of benzene rings is 2.